The third-order valence-electron chi connectivity index (χ3n) is 10.5. The molecule has 4 aromatic heterocycles. The van der Waals surface area contributed by atoms with E-state index < -0.39 is 0 Å². The Bertz CT molecular complexity index is 3340. The lowest BCUT2D eigenvalue weighted by Gasteiger charge is -2.14. The zero-order valence-electron chi connectivity index (χ0n) is 28.2. The van der Waals surface area contributed by atoms with Crippen molar-refractivity contribution in [3.05, 3.63) is 157 Å². The quantitative estimate of drug-likeness (QED) is 0.171. The lowest BCUT2D eigenvalue weighted by atomic mass is 9.97. The number of para-hydroxylation sites is 1. The van der Waals surface area contributed by atoms with Crippen molar-refractivity contribution in [3.63, 3.8) is 0 Å². The first-order valence-corrected chi connectivity index (χ1v) is 19.1. The van der Waals surface area contributed by atoms with Crippen LogP contribution in [0.4, 0.5) is 0 Å². The fourth-order valence-corrected chi connectivity index (χ4v) is 10.5. The monoisotopic (exact) mass is 699 g/mol. The maximum Gasteiger partial charge on any atom is 0.166 e. The van der Waals surface area contributed by atoms with E-state index in [1.807, 2.05) is 23.5 Å². The van der Waals surface area contributed by atoms with Gasteiger partial charge in [-0.05, 0) is 69.9 Å². The Balaban J connectivity index is 1.36. The molecule has 0 N–H and O–H groups in total. The number of aryl methyl sites for hydroxylation is 1. The summed E-state index contributed by atoms with van der Waals surface area (Å²) in [5, 5.41) is 11.0. The minimum atomic E-state index is 0.848. The summed E-state index contributed by atoms with van der Waals surface area (Å²) in [6.07, 6.45) is 6.02. The van der Waals surface area contributed by atoms with Gasteiger partial charge in [0.1, 0.15) is 16.0 Å². The Morgan fingerprint density at radius 1 is 0.635 bits per heavy atom. The predicted molar refractivity (Wildman–Crippen MR) is 227 cm³/mol. The molecular formula is C47H29N3S2. The third kappa shape index (κ3) is 4.18. The van der Waals surface area contributed by atoms with Crippen molar-refractivity contribution in [2.75, 3.05) is 0 Å². The molecule has 0 fully saturated rings. The molecule has 0 saturated carbocycles. The van der Waals surface area contributed by atoms with E-state index in [1.165, 1.54) is 73.8 Å². The van der Waals surface area contributed by atoms with Crippen LogP contribution in [0.25, 0.3) is 107 Å². The van der Waals surface area contributed by atoms with E-state index in [4.69, 9.17) is 9.97 Å². The van der Waals surface area contributed by atoms with E-state index in [1.54, 1.807) is 11.3 Å². The number of hydrogen-bond acceptors (Lipinski definition) is 4. The van der Waals surface area contributed by atoms with Gasteiger partial charge in [0.15, 0.2) is 5.82 Å². The second-order valence-corrected chi connectivity index (χ2v) is 15.5. The maximum absolute atomic E-state index is 5.62. The summed E-state index contributed by atoms with van der Waals surface area (Å²) in [6, 6.07) is 46.2. The Labute approximate surface area is 307 Å². The molecule has 0 aliphatic rings. The van der Waals surface area contributed by atoms with Crippen molar-refractivity contribution >= 4 is 113 Å². The minimum Gasteiger partial charge on any atom is -0.290 e. The Morgan fingerprint density at radius 3 is 2.21 bits per heavy atom. The maximum atomic E-state index is 5.62. The van der Waals surface area contributed by atoms with Crippen LogP contribution in [0.1, 0.15) is 11.1 Å². The number of fused-ring (bicyclic) bond motifs is 14. The normalized spacial score (nSPS) is 12.3. The van der Waals surface area contributed by atoms with E-state index in [0.717, 1.165) is 38.3 Å². The minimum absolute atomic E-state index is 0.848. The van der Waals surface area contributed by atoms with Crippen LogP contribution in [-0.4, -0.2) is 14.5 Å². The van der Waals surface area contributed by atoms with Gasteiger partial charge in [-0.1, -0.05) is 122 Å². The molecule has 0 radical (unpaired) electrons. The van der Waals surface area contributed by atoms with E-state index in [0.29, 0.717) is 0 Å². The van der Waals surface area contributed by atoms with Gasteiger partial charge in [-0.15, -0.1) is 22.7 Å². The fraction of sp³-hybridized carbons (Fsp3) is 0.0213. The van der Waals surface area contributed by atoms with Crippen molar-refractivity contribution in [2.45, 2.75) is 6.92 Å². The summed E-state index contributed by atoms with van der Waals surface area (Å²) in [5.41, 5.74) is 7.62. The van der Waals surface area contributed by atoms with Crippen LogP contribution >= 0.6 is 22.7 Å². The summed E-state index contributed by atoms with van der Waals surface area (Å²) in [5.74, 6) is 0.848. The number of thiophene rings is 2. The van der Waals surface area contributed by atoms with Crippen LogP contribution in [0.2, 0.25) is 0 Å². The summed E-state index contributed by atoms with van der Waals surface area (Å²) in [7, 11) is 0. The molecule has 244 valence electrons. The molecule has 4 heterocycles. The van der Waals surface area contributed by atoms with Crippen LogP contribution < -0.4 is 0 Å². The summed E-state index contributed by atoms with van der Waals surface area (Å²) >= 11 is 3.59. The van der Waals surface area contributed by atoms with E-state index in [2.05, 4.69) is 152 Å². The largest absolute Gasteiger partial charge is 0.290 e. The standard InChI is InChI=1S/C47H29N3S2/c1-3-4-13-29-26-36-39(24-27(29)2)51-45-41(36)33-17-8-7-16-32(33)40-34-18-9-11-20-37(34)50(44(40)45)46-42(31-23-22-28-14-5-6-15-30(28)25-31)48-43-35-19-10-12-21-38(35)52-47(43)49-46/h3-26H,1H2,2H3/b13-4-. The first-order valence-electron chi connectivity index (χ1n) is 17.4. The van der Waals surface area contributed by atoms with Gasteiger partial charge in [0.25, 0.3) is 0 Å². The molecule has 0 saturated heterocycles. The number of rotatable bonds is 4. The van der Waals surface area contributed by atoms with Gasteiger partial charge in [0.2, 0.25) is 0 Å². The van der Waals surface area contributed by atoms with Crippen LogP contribution in [0.5, 0.6) is 0 Å². The second-order valence-electron chi connectivity index (χ2n) is 13.4. The van der Waals surface area contributed by atoms with E-state index in [9.17, 15) is 0 Å². The number of aromatic nitrogens is 3. The van der Waals surface area contributed by atoms with Crippen LogP contribution in [0, 0.1) is 6.92 Å². The Morgan fingerprint density at radius 2 is 1.37 bits per heavy atom. The molecule has 11 rings (SSSR count). The summed E-state index contributed by atoms with van der Waals surface area (Å²) < 4.78 is 6.14. The SMILES string of the molecule is C=C/C=C\c1cc2c(cc1C)sc1c2c2ccccc2c2c3ccccc3n(-c3nc4sc5ccccc5c4nc3-c3ccc4ccccc4c3)c12. The molecule has 5 heteroatoms. The number of nitrogens with zero attached hydrogens (tertiary/aromatic N) is 3. The first-order chi connectivity index (χ1) is 25.7. The Kier molecular flexibility index (Phi) is 6.36. The van der Waals surface area contributed by atoms with E-state index in [-0.39, 0.29) is 0 Å². The molecule has 0 spiro atoms. The van der Waals surface area contributed by atoms with Gasteiger partial charge in [-0.25, -0.2) is 9.97 Å². The van der Waals surface area contributed by atoms with E-state index >= 15 is 0 Å². The van der Waals surface area contributed by atoms with Crippen molar-refractivity contribution in [2.24, 2.45) is 0 Å². The average molecular weight is 700 g/mol. The van der Waals surface area contributed by atoms with Crippen molar-refractivity contribution in [1.82, 2.24) is 14.5 Å². The predicted octanol–water partition coefficient (Wildman–Crippen LogP) is 13.8. The molecule has 0 bridgehead atoms. The highest BCUT2D eigenvalue weighted by Gasteiger charge is 2.25. The molecule has 0 aliphatic carbocycles. The molecule has 52 heavy (non-hydrogen) atoms. The second kappa shape index (κ2) is 11.2. The van der Waals surface area contributed by atoms with Crippen molar-refractivity contribution < 1.29 is 0 Å². The molecule has 3 nitrogen and oxygen atoms in total. The average Bonchev–Trinajstić information content (AvgIpc) is 3.85. The smallest absolute Gasteiger partial charge is 0.166 e. The fourth-order valence-electron chi connectivity index (χ4n) is 8.11. The lowest BCUT2D eigenvalue weighted by molar-refractivity contribution is 1.09. The number of allylic oxidation sites excluding steroid dienone is 2. The van der Waals surface area contributed by atoms with Gasteiger partial charge in [0, 0.05) is 41.9 Å². The lowest BCUT2D eigenvalue weighted by Crippen LogP contribution is -2.03. The van der Waals surface area contributed by atoms with Crippen LogP contribution in [-0.2, 0) is 0 Å². The van der Waals surface area contributed by atoms with Gasteiger partial charge in [-0.2, -0.15) is 0 Å². The number of hydrogen-bond donors (Lipinski definition) is 0. The molecule has 0 aliphatic heterocycles. The first kappa shape index (κ1) is 29.6. The summed E-state index contributed by atoms with van der Waals surface area (Å²) in [6.45, 7) is 6.12. The highest BCUT2D eigenvalue weighted by atomic mass is 32.1. The Hall–Kier alpha value is -6.14. The van der Waals surface area contributed by atoms with Gasteiger partial charge >= 0.3 is 0 Å². The molecule has 0 unspecified atom stereocenters. The van der Waals surface area contributed by atoms with Gasteiger partial charge in [0.05, 0.1) is 15.7 Å². The highest BCUT2D eigenvalue weighted by molar-refractivity contribution is 7.27. The number of benzene rings is 7. The van der Waals surface area contributed by atoms with Crippen molar-refractivity contribution in [1.29, 1.82) is 0 Å². The zero-order chi connectivity index (χ0) is 34.5. The van der Waals surface area contributed by atoms with Gasteiger partial charge in [-0.3, -0.25) is 4.57 Å². The molecule has 11 aromatic rings. The molecule has 0 atom stereocenters. The third-order valence-corrected chi connectivity index (χ3v) is 12.7. The van der Waals surface area contributed by atoms with Crippen molar-refractivity contribution in [3.8, 4) is 17.1 Å². The van der Waals surface area contributed by atoms with Gasteiger partial charge < -0.3 is 0 Å². The topological polar surface area (TPSA) is 30.7 Å². The highest BCUT2D eigenvalue weighted by Crippen LogP contribution is 2.49. The van der Waals surface area contributed by atoms with Crippen LogP contribution in [0.3, 0.4) is 0 Å². The summed E-state index contributed by atoms with van der Waals surface area (Å²) in [4.78, 5) is 12.1. The molecule has 7 aromatic carbocycles. The van der Waals surface area contributed by atoms with Crippen LogP contribution in [0.15, 0.2) is 146 Å². The zero-order valence-corrected chi connectivity index (χ0v) is 29.9. The molecule has 0 amide bonds. The molecular weight excluding hydrogens is 671 g/mol.